The van der Waals surface area contributed by atoms with Gasteiger partial charge in [0.05, 0.1) is 5.75 Å². The van der Waals surface area contributed by atoms with Crippen LogP contribution in [-0.2, 0) is 11.2 Å². The Morgan fingerprint density at radius 3 is 2.96 bits per heavy atom. The van der Waals surface area contributed by atoms with Gasteiger partial charge in [-0.3, -0.25) is 4.79 Å². The number of nitrogens with one attached hydrogen (secondary N) is 2. The van der Waals surface area contributed by atoms with E-state index >= 15 is 0 Å². The van der Waals surface area contributed by atoms with Crippen molar-refractivity contribution >= 4 is 67.1 Å². The third kappa shape index (κ3) is 5.80. The number of carbonyl (C=O) groups excluding carboxylic acids is 1. The second-order valence-corrected chi connectivity index (χ2v) is 9.52. The van der Waals surface area contributed by atoms with Gasteiger partial charge in [-0.05, 0) is 48.6 Å². The molecule has 1 amide bonds. The number of aryl methyl sites for hydroxylation is 1. The minimum Gasteiger partial charge on any atom is -0.360 e. The van der Waals surface area contributed by atoms with Crippen LogP contribution in [0.4, 0.5) is 10.8 Å². The van der Waals surface area contributed by atoms with Crippen molar-refractivity contribution in [3.63, 3.8) is 0 Å². The molecule has 2 N–H and O–H groups in total. The predicted octanol–water partition coefficient (Wildman–Crippen LogP) is 5.06. The second kappa shape index (κ2) is 9.50. The number of anilines is 2. The van der Waals surface area contributed by atoms with E-state index in [1.165, 1.54) is 28.0 Å². The molecule has 9 heteroatoms. The second-order valence-electron chi connectivity index (χ2n) is 5.43. The van der Waals surface area contributed by atoms with Crippen LogP contribution >= 0.6 is 50.4 Å². The van der Waals surface area contributed by atoms with Gasteiger partial charge in [-0.15, -0.1) is 21.5 Å². The number of hydrogen-bond donors (Lipinski definition) is 2. The molecule has 0 aliphatic carbocycles. The van der Waals surface area contributed by atoms with Gasteiger partial charge >= 0.3 is 0 Å². The van der Waals surface area contributed by atoms with Gasteiger partial charge in [0.1, 0.15) is 0 Å². The van der Waals surface area contributed by atoms with Crippen LogP contribution in [0.3, 0.4) is 0 Å². The van der Waals surface area contributed by atoms with E-state index in [1.807, 2.05) is 25.1 Å². The highest BCUT2D eigenvalue weighted by Gasteiger charge is 2.09. The first-order valence-corrected chi connectivity index (χ1v) is 11.4. The van der Waals surface area contributed by atoms with E-state index in [-0.39, 0.29) is 5.91 Å². The molecule has 3 rings (SSSR count). The summed E-state index contributed by atoms with van der Waals surface area (Å²) in [6, 6.07) is 9.92. The minimum absolute atomic E-state index is 0.0564. The van der Waals surface area contributed by atoms with Crippen molar-refractivity contribution in [1.82, 2.24) is 10.2 Å². The Morgan fingerprint density at radius 2 is 2.19 bits per heavy atom. The quantitative estimate of drug-likeness (QED) is 0.452. The largest absolute Gasteiger partial charge is 0.360 e. The van der Waals surface area contributed by atoms with Crippen molar-refractivity contribution in [3.05, 3.63) is 50.6 Å². The summed E-state index contributed by atoms with van der Waals surface area (Å²) in [6.07, 6.45) is 0.967. The zero-order chi connectivity index (χ0) is 18.4. The lowest BCUT2D eigenvalue weighted by Gasteiger charge is -2.06. The van der Waals surface area contributed by atoms with Crippen molar-refractivity contribution in [1.29, 1.82) is 0 Å². The Labute approximate surface area is 172 Å². The molecule has 0 saturated carbocycles. The number of amides is 1. The van der Waals surface area contributed by atoms with E-state index < -0.39 is 0 Å². The topological polar surface area (TPSA) is 66.9 Å². The summed E-state index contributed by atoms with van der Waals surface area (Å²) in [5.74, 6) is 0.248. The predicted molar refractivity (Wildman–Crippen MR) is 115 cm³/mol. The summed E-state index contributed by atoms with van der Waals surface area (Å²) in [4.78, 5) is 13.4. The van der Waals surface area contributed by atoms with Crippen molar-refractivity contribution in [2.75, 3.05) is 22.9 Å². The number of hydrogen-bond acceptors (Lipinski definition) is 7. The molecule has 0 atom stereocenters. The molecule has 0 bridgehead atoms. The molecule has 0 saturated heterocycles. The lowest BCUT2D eigenvalue weighted by atomic mass is 10.2. The number of benzene rings is 1. The third-order valence-corrected chi connectivity index (χ3v) is 7.24. The fraction of sp³-hybridized carbons (Fsp3) is 0.235. The summed E-state index contributed by atoms with van der Waals surface area (Å²) in [7, 11) is 0. The highest BCUT2D eigenvalue weighted by atomic mass is 79.9. The van der Waals surface area contributed by atoms with Gasteiger partial charge in [-0.1, -0.05) is 45.1 Å². The lowest BCUT2D eigenvalue weighted by molar-refractivity contribution is -0.113. The van der Waals surface area contributed by atoms with Gasteiger partial charge in [-0.25, -0.2) is 0 Å². The van der Waals surface area contributed by atoms with Crippen LogP contribution in [0.5, 0.6) is 0 Å². The Kier molecular flexibility index (Phi) is 7.07. The minimum atomic E-state index is -0.0564. The third-order valence-electron chi connectivity index (χ3n) is 3.40. The summed E-state index contributed by atoms with van der Waals surface area (Å²) in [5, 5.41) is 17.3. The number of nitrogens with zero attached hydrogens (tertiary/aromatic N) is 2. The van der Waals surface area contributed by atoms with Crippen LogP contribution in [0.1, 0.15) is 10.4 Å². The van der Waals surface area contributed by atoms with Gasteiger partial charge in [0.25, 0.3) is 0 Å². The highest BCUT2D eigenvalue weighted by Crippen LogP contribution is 2.26. The molecule has 0 aliphatic heterocycles. The molecule has 136 valence electrons. The molecule has 0 radical (unpaired) electrons. The van der Waals surface area contributed by atoms with Crippen molar-refractivity contribution < 1.29 is 4.79 Å². The van der Waals surface area contributed by atoms with Crippen molar-refractivity contribution in [2.45, 2.75) is 17.7 Å². The van der Waals surface area contributed by atoms with Crippen LogP contribution in [-0.4, -0.2) is 28.4 Å². The molecule has 3 aromatic rings. The first-order valence-electron chi connectivity index (χ1n) is 7.89. The van der Waals surface area contributed by atoms with Crippen LogP contribution in [0, 0.1) is 6.92 Å². The number of thiophene rings is 1. The number of halogens is 1. The Morgan fingerprint density at radius 1 is 1.31 bits per heavy atom. The summed E-state index contributed by atoms with van der Waals surface area (Å²) < 4.78 is 1.81. The van der Waals surface area contributed by atoms with Gasteiger partial charge < -0.3 is 10.6 Å². The maximum absolute atomic E-state index is 12.1. The highest BCUT2D eigenvalue weighted by molar-refractivity contribution is 9.10. The van der Waals surface area contributed by atoms with E-state index in [4.69, 9.17) is 0 Å². The van der Waals surface area contributed by atoms with E-state index in [0.717, 1.165) is 38.2 Å². The van der Waals surface area contributed by atoms with E-state index in [1.54, 1.807) is 11.3 Å². The molecule has 1 aromatic carbocycles. The van der Waals surface area contributed by atoms with Gasteiger partial charge in [0.2, 0.25) is 11.0 Å². The first-order chi connectivity index (χ1) is 12.6. The van der Waals surface area contributed by atoms with Gasteiger partial charge in [0.15, 0.2) is 4.34 Å². The molecule has 5 nitrogen and oxygen atoms in total. The van der Waals surface area contributed by atoms with Crippen LogP contribution in [0.2, 0.25) is 0 Å². The Hall–Kier alpha value is -1.42. The number of carbonyl (C=O) groups is 1. The maximum atomic E-state index is 12.1. The molecule has 0 unspecified atom stereocenters. The molecular weight excluding hydrogens is 452 g/mol. The Balaban J connectivity index is 1.42. The SMILES string of the molecule is Cc1cc(NC(=O)CSc2nnc(NCCc3cccs3)s2)ccc1Br. The van der Waals surface area contributed by atoms with Crippen LogP contribution in [0.15, 0.2) is 44.5 Å². The summed E-state index contributed by atoms with van der Waals surface area (Å²) in [5.41, 5.74) is 1.88. The maximum Gasteiger partial charge on any atom is 0.234 e. The monoisotopic (exact) mass is 468 g/mol. The van der Waals surface area contributed by atoms with Crippen molar-refractivity contribution in [2.24, 2.45) is 0 Å². The van der Waals surface area contributed by atoms with Crippen LogP contribution < -0.4 is 10.6 Å². The average Bonchev–Trinajstić information content (AvgIpc) is 3.28. The molecular formula is C17H17BrN4OS3. The normalized spacial score (nSPS) is 10.7. The van der Waals surface area contributed by atoms with Crippen molar-refractivity contribution in [3.8, 4) is 0 Å². The van der Waals surface area contributed by atoms with Crippen LogP contribution in [0.25, 0.3) is 0 Å². The van der Waals surface area contributed by atoms with E-state index in [2.05, 4.69) is 54.3 Å². The molecule has 2 aromatic heterocycles. The average molecular weight is 469 g/mol. The standard InChI is InChI=1S/C17H17BrN4OS3/c1-11-9-12(4-5-14(11)18)20-15(23)10-25-17-22-21-16(26-17)19-7-6-13-3-2-8-24-13/h2-5,8-9H,6-7,10H2,1H3,(H,19,21)(H,20,23). The molecule has 0 fully saturated rings. The fourth-order valence-corrected chi connectivity index (χ4v) is 4.67. The molecule has 26 heavy (non-hydrogen) atoms. The Bertz CT molecular complexity index is 867. The van der Waals surface area contributed by atoms with Gasteiger partial charge in [-0.2, -0.15) is 0 Å². The molecule has 0 spiro atoms. The van der Waals surface area contributed by atoms with E-state index in [0.29, 0.717) is 5.75 Å². The zero-order valence-corrected chi connectivity index (χ0v) is 18.0. The fourth-order valence-electron chi connectivity index (χ4n) is 2.13. The molecule has 0 aliphatic rings. The van der Waals surface area contributed by atoms with E-state index in [9.17, 15) is 4.79 Å². The summed E-state index contributed by atoms with van der Waals surface area (Å²) >= 11 is 8.07. The lowest BCUT2D eigenvalue weighted by Crippen LogP contribution is -2.14. The number of aromatic nitrogens is 2. The number of thioether (sulfide) groups is 1. The van der Waals surface area contributed by atoms with Gasteiger partial charge in [0, 0.05) is 21.6 Å². The first kappa shape index (κ1) is 19.3. The smallest absolute Gasteiger partial charge is 0.234 e. The molecule has 2 heterocycles. The zero-order valence-electron chi connectivity index (χ0n) is 14.0. The summed E-state index contributed by atoms with van der Waals surface area (Å²) in [6.45, 7) is 2.81. The number of rotatable bonds is 8.